The van der Waals surface area contributed by atoms with E-state index in [-0.39, 0.29) is 0 Å². The average Bonchev–Trinajstić information content (AvgIpc) is 3.49. The first-order valence-corrected chi connectivity index (χ1v) is 19.0. The van der Waals surface area contributed by atoms with Gasteiger partial charge in [-0.15, -0.1) is 11.3 Å². The second-order valence-corrected chi connectivity index (χ2v) is 15.3. The molecule has 0 saturated heterocycles. The van der Waals surface area contributed by atoms with Crippen LogP contribution in [-0.4, -0.2) is 0 Å². The highest BCUT2D eigenvalue weighted by molar-refractivity contribution is 7.26. The zero-order valence-electron chi connectivity index (χ0n) is 28.6. The van der Waals surface area contributed by atoms with Gasteiger partial charge in [0.25, 0.3) is 0 Å². The number of anilines is 2. The second-order valence-electron chi connectivity index (χ2n) is 14.2. The van der Waals surface area contributed by atoms with E-state index < -0.39 is 0 Å². The summed E-state index contributed by atoms with van der Waals surface area (Å²) in [5.74, 6) is 1.27. The standard InChI is InChI=1S/C48H39NS/c1-3-33-37-21-13-22-39-36-28-27-32(29-41(36)46(33)30(2)34-17-7-8-19-38(34)47(37)39)49(42-23-11-9-18-35(42)31-15-5-4-6-16-31)43-24-14-26-45-48(43)40-20-10-12-25-44(40)50-45/h4-26,29-30,33,46H,3,27-28H2,1-2H3. The summed E-state index contributed by atoms with van der Waals surface area (Å²) in [7, 11) is 0. The molecule has 0 amide bonds. The minimum atomic E-state index is 0.400. The molecular weight excluding hydrogens is 623 g/mol. The Balaban J connectivity index is 1.26. The van der Waals surface area contributed by atoms with Crippen molar-refractivity contribution in [1.29, 1.82) is 0 Å². The van der Waals surface area contributed by atoms with Crippen LogP contribution in [0.25, 0.3) is 48.0 Å². The number of allylic oxidation sites excluding steroid dienone is 4. The van der Waals surface area contributed by atoms with Gasteiger partial charge in [0.1, 0.15) is 0 Å². The van der Waals surface area contributed by atoms with Crippen molar-refractivity contribution >= 4 is 48.5 Å². The van der Waals surface area contributed by atoms with Gasteiger partial charge in [0.05, 0.1) is 11.4 Å². The highest BCUT2D eigenvalue weighted by atomic mass is 32.1. The van der Waals surface area contributed by atoms with Gasteiger partial charge >= 0.3 is 0 Å². The third kappa shape index (κ3) is 4.38. The fourth-order valence-electron chi connectivity index (χ4n) is 9.66. The van der Waals surface area contributed by atoms with Crippen molar-refractivity contribution < 1.29 is 0 Å². The van der Waals surface area contributed by atoms with Crippen molar-refractivity contribution in [1.82, 2.24) is 0 Å². The van der Waals surface area contributed by atoms with Crippen LogP contribution in [-0.2, 0) is 0 Å². The zero-order chi connectivity index (χ0) is 33.3. The first-order chi connectivity index (χ1) is 24.7. The van der Waals surface area contributed by atoms with Crippen LogP contribution in [0, 0.1) is 5.92 Å². The van der Waals surface area contributed by atoms with Crippen LogP contribution in [0.1, 0.15) is 61.6 Å². The molecule has 0 aliphatic heterocycles. The molecule has 3 aliphatic rings. The number of para-hydroxylation sites is 1. The van der Waals surface area contributed by atoms with Crippen LogP contribution in [0.3, 0.4) is 0 Å². The van der Waals surface area contributed by atoms with Crippen LogP contribution in [0.15, 0.2) is 157 Å². The lowest BCUT2D eigenvalue weighted by atomic mass is 9.70. The molecule has 0 fully saturated rings. The lowest BCUT2D eigenvalue weighted by molar-refractivity contribution is 0.422. The Morgan fingerprint density at radius 2 is 1.30 bits per heavy atom. The number of hydrogen-bond donors (Lipinski definition) is 0. The van der Waals surface area contributed by atoms with E-state index in [2.05, 4.69) is 164 Å². The lowest BCUT2D eigenvalue weighted by Crippen LogP contribution is -2.24. The van der Waals surface area contributed by atoms with Crippen LogP contribution in [0.4, 0.5) is 11.4 Å². The van der Waals surface area contributed by atoms with Gasteiger partial charge in [-0.1, -0.05) is 129 Å². The molecule has 4 bridgehead atoms. The summed E-state index contributed by atoms with van der Waals surface area (Å²) < 4.78 is 2.67. The molecule has 6 aromatic carbocycles. The summed E-state index contributed by atoms with van der Waals surface area (Å²) in [6.07, 6.45) is 5.78. The molecular formula is C48H39NS. The molecule has 3 atom stereocenters. The Hall–Kier alpha value is -5.18. The first-order valence-electron chi connectivity index (χ1n) is 18.2. The summed E-state index contributed by atoms with van der Waals surface area (Å²) in [6, 6.07) is 52.2. The monoisotopic (exact) mass is 661 g/mol. The SMILES string of the molecule is CCC1c2cccc3c2-c2ccccc2C(C)C1C1=C3CCC(N(c2ccccc2-c2ccccc2)c2cccc3sc4ccccc4c23)=C1. The molecule has 10 rings (SSSR count). The number of nitrogens with zero attached hydrogens (tertiary/aromatic N) is 1. The van der Waals surface area contributed by atoms with Gasteiger partial charge in [-0.2, -0.15) is 0 Å². The zero-order valence-corrected chi connectivity index (χ0v) is 29.4. The minimum Gasteiger partial charge on any atom is -0.313 e. The number of thiophene rings is 1. The van der Waals surface area contributed by atoms with Gasteiger partial charge < -0.3 is 4.90 Å². The fraction of sp³-hybridized carbons (Fsp3) is 0.167. The molecule has 3 unspecified atom stereocenters. The number of fused-ring (bicyclic) bond motifs is 7. The van der Waals surface area contributed by atoms with Gasteiger partial charge in [-0.25, -0.2) is 0 Å². The number of rotatable bonds is 5. The van der Waals surface area contributed by atoms with E-state index in [0.29, 0.717) is 17.8 Å². The summed E-state index contributed by atoms with van der Waals surface area (Å²) in [5.41, 5.74) is 16.9. The Kier molecular flexibility index (Phi) is 6.96. The summed E-state index contributed by atoms with van der Waals surface area (Å²) in [5, 5.41) is 2.68. The molecule has 50 heavy (non-hydrogen) atoms. The quantitative estimate of drug-likeness (QED) is 0.177. The van der Waals surface area contributed by atoms with E-state index in [9.17, 15) is 0 Å². The van der Waals surface area contributed by atoms with Crippen molar-refractivity contribution in [2.75, 3.05) is 4.90 Å². The molecule has 0 spiro atoms. The maximum absolute atomic E-state index is 2.64. The van der Waals surface area contributed by atoms with E-state index in [4.69, 9.17) is 0 Å². The second kappa shape index (κ2) is 11.7. The molecule has 242 valence electrons. The summed E-state index contributed by atoms with van der Waals surface area (Å²) in [4.78, 5) is 2.64. The molecule has 1 heterocycles. The maximum Gasteiger partial charge on any atom is 0.0551 e. The molecule has 1 nitrogen and oxygen atoms in total. The van der Waals surface area contributed by atoms with Crippen molar-refractivity contribution in [3.8, 4) is 22.3 Å². The molecule has 0 N–H and O–H groups in total. The maximum atomic E-state index is 2.64. The van der Waals surface area contributed by atoms with Crippen LogP contribution in [0.5, 0.6) is 0 Å². The van der Waals surface area contributed by atoms with Crippen molar-refractivity contribution in [2.24, 2.45) is 5.92 Å². The Morgan fingerprint density at radius 1 is 0.620 bits per heavy atom. The third-order valence-electron chi connectivity index (χ3n) is 11.8. The van der Waals surface area contributed by atoms with E-state index in [1.165, 1.54) is 76.2 Å². The van der Waals surface area contributed by atoms with Gasteiger partial charge in [0.2, 0.25) is 0 Å². The van der Waals surface area contributed by atoms with Gasteiger partial charge in [-0.3, -0.25) is 0 Å². The number of benzene rings is 6. The summed E-state index contributed by atoms with van der Waals surface area (Å²) in [6.45, 7) is 4.90. The van der Waals surface area contributed by atoms with Crippen molar-refractivity contribution in [3.05, 3.63) is 174 Å². The average molecular weight is 662 g/mol. The minimum absolute atomic E-state index is 0.400. The van der Waals surface area contributed by atoms with E-state index in [1.807, 2.05) is 11.3 Å². The predicted octanol–water partition coefficient (Wildman–Crippen LogP) is 13.9. The van der Waals surface area contributed by atoms with E-state index >= 15 is 0 Å². The Bertz CT molecular complexity index is 2510. The van der Waals surface area contributed by atoms with Gasteiger partial charge in [-0.05, 0) is 112 Å². The highest BCUT2D eigenvalue weighted by Gasteiger charge is 2.42. The fourth-order valence-corrected chi connectivity index (χ4v) is 10.8. The summed E-state index contributed by atoms with van der Waals surface area (Å²) >= 11 is 1.90. The predicted molar refractivity (Wildman–Crippen MR) is 214 cm³/mol. The largest absolute Gasteiger partial charge is 0.313 e. The Morgan fingerprint density at radius 3 is 2.18 bits per heavy atom. The molecule has 1 aromatic heterocycles. The third-order valence-corrected chi connectivity index (χ3v) is 12.9. The van der Waals surface area contributed by atoms with Crippen LogP contribution < -0.4 is 4.90 Å². The highest BCUT2D eigenvalue weighted by Crippen LogP contribution is 2.59. The van der Waals surface area contributed by atoms with Crippen LogP contribution in [0.2, 0.25) is 0 Å². The lowest BCUT2D eigenvalue weighted by Gasteiger charge is -2.37. The number of hydrogen-bond acceptors (Lipinski definition) is 2. The van der Waals surface area contributed by atoms with E-state index in [0.717, 1.165) is 19.3 Å². The molecule has 3 aliphatic carbocycles. The van der Waals surface area contributed by atoms with Crippen LogP contribution >= 0.6 is 11.3 Å². The molecule has 0 radical (unpaired) electrons. The molecule has 0 saturated carbocycles. The topological polar surface area (TPSA) is 3.24 Å². The van der Waals surface area contributed by atoms with Gasteiger partial charge in [0.15, 0.2) is 0 Å². The first kappa shape index (κ1) is 29.7. The molecule has 7 aromatic rings. The van der Waals surface area contributed by atoms with Gasteiger partial charge in [0, 0.05) is 31.4 Å². The Labute approximate surface area is 298 Å². The normalized spacial score (nSPS) is 19.2. The van der Waals surface area contributed by atoms with Crippen molar-refractivity contribution in [3.63, 3.8) is 0 Å². The van der Waals surface area contributed by atoms with E-state index in [1.54, 1.807) is 11.1 Å². The smallest absolute Gasteiger partial charge is 0.0551 e. The molecule has 2 heteroatoms. The van der Waals surface area contributed by atoms with Crippen molar-refractivity contribution in [2.45, 2.75) is 44.9 Å².